The summed E-state index contributed by atoms with van der Waals surface area (Å²) in [5.74, 6) is 0. The minimum absolute atomic E-state index is 0.402. The third-order valence-electron chi connectivity index (χ3n) is 5.22. The Morgan fingerprint density at radius 2 is 2.23 bits per heavy atom. The summed E-state index contributed by atoms with van der Waals surface area (Å²) in [6.45, 7) is 2.90. The lowest BCUT2D eigenvalue weighted by Crippen LogP contribution is -2.21. The maximum atomic E-state index is 9.08. The van der Waals surface area contributed by atoms with Crippen molar-refractivity contribution in [2.24, 2.45) is 0 Å². The SMILES string of the molecule is N#Cc1cccc(CN2CCC(n3cnc4cnc5[nH]ccc5c43)C2)c1. The molecule has 4 aromatic rings. The smallest absolute Gasteiger partial charge is 0.139 e. The standard InChI is InChI=1S/C20H18N6/c21-9-14-2-1-3-15(8-14)11-25-7-5-16(12-25)26-13-24-18-10-23-20-17(19(18)26)4-6-22-20/h1-4,6,8,10,13,16H,5,7,11-12H2,(H,22,23). The third-order valence-corrected chi connectivity index (χ3v) is 5.22. The van der Waals surface area contributed by atoms with Gasteiger partial charge in [0.25, 0.3) is 0 Å². The first-order valence-corrected chi connectivity index (χ1v) is 8.82. The van der Waals surface area contributed by atoms with Crippen LogP contribution >= 0.6 is 0 Å². The van der Waals surface area contributed by atoms with E-state index in [1.54, 1.807) is 0 Å². The fraction of sp³-hybridized carbons (Fsp3) is 0.250. The molecule has 1 N–H and O–H groups in total. The number of rotatable bonds is 3. The first kappa shape index (κ1) is 15.1. The molecule has 0 bridgehead atoms. The lowest BCUT2D eigenvalue weighted by atomic mass is 10.1. The number of imidazole rings is 1. The van der Waals surface area contributed by atoms with Crippen molar-refractivity contribution in [3.8, 4) is 6.07 Å². The highest BCUT2D eigenvalue weighted by atomic mass is 15.2. The van der Waals surface area contributed by atoms with Crippen LogP contribution in [-0.4, -0.2) is 37.5 Å². The van der Waals surface area contributed by atoms with Crippen molar-refractivity contribution < 1.29 is 0 Å². The zero-order valence-corrected chi connectivity index (χ0v) is 14.3. The predicted octanol–water partition coefficient (Wildman–Crippen LogP) is 3.23. The predicted molar refractivity (Wildman–Crippen MR) is 99.5 cm³/mol. The van der Waals surface area contributed by atoms with E-state index in [0.29, 0.717) is 6.04 Å². The van der Waals surface area contributed by atoms with Gasteiger partial charge in [0, 0.05) is 37.3 Å². The Balaban J connectivity index is 1.42. The van der Waals surface area contributed by atoms with Crippen molar-refractivity contribution in [3.63, 3.8) is 0 Å². The largest absolute Gasteiger partial charge is 0.346 e. The molecular formula is C20H18N6. The Hall–Kier alpha value is -3.17. The van der Waals surface area contributed by atoms with Crippen LogP contribution in [0.2, 0.25) is 0 Å². The van der Waals surface area contributed by atoms with Crippen molar-refractivity contribution in [2.75, 3.05) is 13.1 Å². The second-order valence-corrected chi connectivity index (χ2v) is 6.87. The summed E-state index contributed by atoms with van der Waals surface area (Å²) < 4.78 is 2.30. The molecule has 0 spiro atoms. The van der Waals surface area contributed by atoms with E-state index >= 15 is 0 Å². The van der Waals surface area contributed by atoms with Gasteiger partial charge in [0.15, 0.2) is 0 Å². The molecule has 1 atom stereocenters. The molecular weight excluding hydrogens is 324 g/mol. The average Bonchev–Trinajstić information content (AvgIpc) is 3.39. The minimum Gasteiger partial charge on any atom is -0.346 e. The van der Waals surface area contributed by atoms with Gasteiger partial charge < -0.3 is 9.55 Å². The molecule has 5 rings (SSSR count). The molecule has 0 radical (unpaired) electrons. The molecule has 1 saturated heterocycles. The topological polar surface area (TPSA) is 73.5 Å². The Kier molecular flexibility index (Phi) is 3.47. The number of hydrogen-bond acceptors (Lipinski definition) is 4. The van der Waals surface area contributed by atoms with Gasteiger partial charge in [-0.2, -0.15) is 5.26 Å². The van der Waals surface area contributed by atoms with E-state index in [9.17, 15) is 0 Å². The van der Waals surface area contributed by atoms with Crippen LogP contribution in [0.15, 0.2) is 49.1 Å². The van der Waals surface area contributed by atoms with Gasteiger partial charge in [-0.3, -0.25) is 4.90 Å². The van der Waals surface area contributed by atoms with E-state index in [0.717, 1.165) is 53.7 Å². The number of nitrogens with one attached hydrogen (secondary N) is 1. The molecule has 4 heterocycles. The highest BCUT2D eigenvalue weighted by molar-refractivity contribution is 6.00. The molecule has 6 heteroatoms. The van der Waals surface area contributed by atoms with E-state index in [1.807, 2.05) is 36.9 Å². The molecule has 26 heavy (non-hydrogen) atoms. The molecule has 1 unspecified atom stereocenters. The number of pyridine rings is 1. The van der Waals surface area contributed by atoms with Gasteiger partial charge in [0.05, 0.1) is 29.7 Å². The van der Waals surface area contributed by atoms with Crippen molar-refractivity contribution in [1.29, 1.82) is 5.26 Å². The molecule has 1 aromatic carbocycles. The van der Waals surface area contributed by atoms with Crippen molar-refractivity contribution >= 4 is 22.1 Å². The van der Waals surface area contributed by atoms with Crippen LogP contribution in [-0.2, 0) is 6.54 Å². The molecule has 3 aromatic heterocycles. The monoisotopic (exact) mass is 342 g/mol. The van der Waals surface area contributed by atoms with E-state index in [2.05, 4.69) is 42.6 Å². The Labute approximate surface area is 150 Å². The maximum Gasteiger partial charge on any atom is 0.139 e. The number of likely N-dealkylation sites (tertiary alicyclic amines) is 1. The minimum atomic E-state index is 0.402. The first-order valence-electron chi connectivity index (χ1n) is 8.82. The normalized spacial score (nSPS) is 17.9. The summed E-state index contributed by atoms with van der Waals surface area (Å²) >= 11 is 0. The lowest BCUT2D eigenvalue weighted by Gasteiger charge is -2.17. The fourth-order valence-electron chi connectivity index (χ4n) is 3.99. The second kappa shape index (κ2) is 5.97. The average molecular weight is 342 g/mol. The number of benzene rings is 1. The van der Waals surface area contributed by atoms with Crippen LogP contribution < -0.4 is 0 Å². The van der Waals surface area contributed by atoms with Crippen LogP contribution in [0.4, 0.5) is 0 Å². The van der Waals surface area contributed by atoms with E-state index in [-0.39, 0.29) is 0 Å². The van der Waals surface area contributed by atoms with E-state index < -0.39 is 0 Å². The van der Waals surface area contributed by atoms with Gasteiger partial charge in [-0.1, -0.05) is 12.1 Å². The maximum absolute atomic E-state index is 9.08. The molecule has 0 aliphatic carbocycles. The van der Waals surface area contributed by atoms with Crippen molar-refractivity contribution in [1.82, 2.24) is 24.4 Å². The Morgan fingerprint density at radius 1 is 1.27 bits per heavy atom. The molecule has 6 nitrogen and oxygen atoms in total. The second-order valence-electron chi connectivity index (χ2n) is 6.87. The summed E-state index contributed by atoms with van der Waals surface area (Å²) in [7, 11) is 0. The third kappa shape index (κ3) is 2.45. The number of nitriles is 1. The number of hydrogen-bond donors (Lipinski definition) is 1. The number of aromatic amines is 1. The van der Waals surface area contributed by atoms with Crippen molar-refractivity contribution in [3.05, 3.63) is 60.2 Å². The number of H-pyrrole nitrogens is 1. The zero-order chi connectivity index (χ0) is 17.5. The van der Waals surface area contributed by atoms with Crippen LogP contribution in [0.5, 0.6) is 0 Å². The molecule has 1 aliphatic heterocycles. The summed E-state index contributed by atoms with van der Waals surface area (Å²) in [5, 5.41) is 10.2. The van der Waals surface area contributed by atoms with Gasteiger partial charge in [0.1, 0.15) is 11.2 Å². The van der Waals surface area contributed by atoms with E-state index in [1.165, 1.54) is 5.56 Å². The number of fused-ring (bicyclic) bond motifs is 3. The van der Waals surface area contributed by atoms with Crippen LogP contribution in [0.1, 0.15) is 23.6 Å². The van der Waals surface area contributed by atoms with Crippen molar-refractivity contribution in [2.45, 2.75) is 19.0 Å². The van der Waals surface area contributed by atoms with Gasteiger partial charge in [-0.25, -0.2) is 9.97 Å². The van der Waals surface area contributed by atoms with Gasteiger partial charge in [0.2, 0.25) is 0 Å². The highest BCUT2D eigenvalue weighted by Crippen LogP contribution is 2.30. The molecule has 0 saturated carbocycles. The highest BCUT2D eigenvalue weighted by Gasteiger charge is 2.25. The van der Waals surface area contributed by atoms with Gasteiger partial charge >= 0.3 is 0 Å². The first-order chi connectivity index (χ1) is 12.8. The zero-order valence-electron chi connectivity index (χ0n) is 14.3. The quantitative estimate of drug-likeness (QED) is 0.620. The number of aromatic nitrogens is 4. The van der Waals surface area contributed by atoms with Crippen LogP contribution in [0.3, 0.4) is 0 Å². The van der Waals surface area contributed by atoms with Crippen LogP contribution in [0.25, 0.3) is 22.1 Å². The lowest BCUT2D eigenvalue weighted by molar-refractivity contribution is 0.317. The van der Waals surface area contributed by atoms with E-state index in [4.69, 9.17) is 5.26 Å². The molecule has 128 valence electrons. The molecule has 1 fully saturated rings. The molecule has 0 amide bonds. The Bertz CT molecular complexity index is 1130. The number of nitrogens with zero attached hydrogens (tertiary/aromatic N) is 5. The summed E-state index contributed by atoms with van der Waals surface area (Å²) in [6.07, 6.45) is 6.81. The van der Waals surface area contributed by atoms with Crippen LogP contribution in [0, 0.1) is 11.3 Å². The van der Waals surface area contributed by atoms with Gasteiger partial charge in [-0.15, -0.1) is 0 Å². The molecule has 1 aliphatic rings. The summed E-state index contributed by atoms with van der Waals surface area (Å²) in [5.41, 5.74) is 4.92. The van der Waals surface area contributed by atoms with Gasteiger partial charge in [-0.05, 0) is 30.2 Å². The Morgan fingerprint density at radius 3 is 3.15 bits per heavy atom. The summed E-state index contributed by atoms with van der Waals surface area (Å²) in [6, 6.07) is 12.6. The summed E-state index contributed by atoms with van der Waals surface area (Å²) in [4.78, 5) is 14.6. The fourth-order valence-corrected chi connectivity index (χ4v) is 3.99.